The van der Waals surface area contributed by atoms with E-state index in [0.29, 0.717) is 0 Å². The monoisotopic (exact) mass is 186 g/mol. The molecule has 0 saturated heterocycles. The first-order valence-corrected chi connectivity index (χ1v) is 4.78. The fraction of sp³-hybridized carbons (Fsp3) is 0.714. The van der Waals surface area contributed by atoms with E-state index < -0.39 is 0 Å². The minimum absolute atomic E-state index is 0.834. The molecule has 0 unspecified atom stereocenters. The van der Waals surface area contributed by atoms with Crippen molar-refractivity contribution < 1.29 is 0 Å². The first-order chi connectivity index (χ1) is 5.93. The van der Waals surface area contributed by atoms with Crippen LogP contribution >= 0.6 is 11.7 Å². The van der Waals surface area contributed by atoms with Gasteiger partial charge in [-0.05, 0) is 26.6 Å². The lowest BCUT2D eigenvalue weighted by molar-refractivity contribution is 0.621. The van der Waals surface area contributed by atoms with Crippen molar-refractivity contribution in [1.29, 1.82) is 0 Å². The van der Waals surface area contributed by atoms with Crippen molar-refractivity contribution in [1.82, 2.24) is 19.4 Å². The molecule has 0 aliphatic heterocycles. The molecule has 0 amide bonds. The third kappa shape index (κ3) is 3.75. The van der Waals surface area contributed by atoms with E-state index in [9.17, 15) is 0 Å². The van der Waals surface area contributed by atoms with E-state index in [4.69, 9.17) is 0 Å². The summed E-state index contributed by atoms with van der Waals surface area (Å²) in [5.41, 5.74) is 1.03. The maximum absolute atomic E-state index is 4.09. The predicted molar refractivity (Wildman–Crippen MR) is 50.2 cm³/mol. The minimum Gasteiger partial charge on any atom is -0.320 e. The van der Waals surface area contributed by atoms with Crippen molar-refractivity contribution in [2.75, 3.05) is 20.1 Å². The van der Waals surface area contributed by atoms with Crippen LogP contribution < -0.4 is 10.6 Å². The van der Waals surface area contributed by atoms with E-state index in [1.807, 2.05) is 7.05 Å². The van der Waals surface area contributed by atoms with Crippen LogP contribution in [0.25, 0.3) is 0 Å². The summed E-state index contributed by atoms with van der Waals surface area (Å²) in [4.78, 5) is 0. The van der Waals surface area contributed by atoms with Crippen LogP contribution in [0.2, 0.25) is 0 Å². The Morgan fingerprint density at radius 3 is 3.08 bits per heavy atom. The molecule has 4 nitrogen and oxygen atoms in total. The number of hydrogen-bond donors (Lipinski definition) is 2. The van der Waals surface area contributed by atoms with Crippen molar-refractivity contribution in [2.24, 2.45) is 0 Å². The summed E-state index contributed by atoms with van der Waals surface area (Å²) in [6.07, 6.45) is 2.95. The van der Waals surface area contributed by atoms with E-state index in [1.165, 1.54) is 11.7 Å². The van der Waals surface area contributed by atoms with Crippen LogP contribution in [0, 0.1) is 0 Å². The number of nitrogens with one attached hydrogen (secondary N) is 2. The van der Waals surface area contributed by atoms with Gasteiger partial charge in [0.15, 0.2) is 0 Å². The van der Waals surface area contributed by atoms with E-state index in [2.05, 4.69) is 19.4 Å². The zero-order valence-electron chi connectivity index (χ0n) is 7.21. The zero-order valence-corrected chi connectivity index (χ0v) is 8.02. The second-order valence-electron chi connectivity index (χ2n) is 2.53. The summed E-state index contributed by atoms with van der Waals surface area (Å²) in [5, 5.41) is 6.38. The lowest BCUT2D eigenvalue weighted by atomic mass is 10.4. The van der Waals surface area contributed by atoms with Crippen LogP contribution in [0.3, 0.4) is 0 Å². The van der Waals surface area contributed by atoms with Crippen molar-refractivity contribution in [3.8, 4) is 0 Å². The molecule has 0 saturated carbocycles. The Kier molecular flexibility index (Phi) is 4.82. The normalized spacial score (nSPS) is 10.4. The molecule has 0 aromatic carbocycles. The lowest BCUT2D eigenvalue weighted by Crippen LogP contribution is -2.19. The fourth-order valence-corrected chi connectivity index (χ4v) is 1.30. The molecule has 1 heterocycles. The Labute approximate surface area is 76.7 Å². The Bertz CT molecular complexity index is 187. The van der Waals surface area contributed by atoms with E-state index >= 15 is 0 Å². The van der Waals surface area contributed by atoms with Crippen LogP contribution in [-0.2, 0) is 6.54 Å². The van der Waals surface area contributed by atoms with Gasteiger partial charge in [0.25, 0.3) is 0 Å². The number of nitrogens with zero attached hydrogens (tertiary/aromatic N) is 2. The zero-order chi connectivity index (χ0) is 8.65. The molecule has 0 atom stereocenters. The molecule has 0 aliphatic rings. The van der Waals surface area contributed by atoms with Crippen LogP contribution in [0.1, 0.15) is 12.1 Å². The molecular weight excluding hydrogens is 172 g/mol. The number of aromatic nitrogens is 2. The molecule has 0 bridgehead atoms. The van der Waals surface area contributed by atoms with Gasteiger partial charge in [0.2, 0.25) is 0 Å². The van der Waals surface area contributed by atoms with Crippen LogP contribution in [0.4, 0.5) is 0 Å². The summed E-state index contributed by atoms with van der Waals surface area (Å²) in [6.45, 7) is 2.92. The fourth-order valence-electron chi connectivity index (χ4n) is 0.869. The highest BCUT2D eigenvalue weighted by Gasteiger charge is 1.93. The molecule has 0 radical (unpaired) electrons. The maximum atomic E-state index is 4.09. The molecule has 1 rings (SSSR count). The molecule has 1 aromatic heterocycles. The Balaban J connectivity index is 1.96. The van der Waals surface area contributed by atoms with Gasteiger partial charge in [-0.25, -0.2) is 0 Å². The summed E-state index contributed by atoms with van der Waals surface area (Å²) in [5.74, 6) is 0. The van der Waals surface area contributed by atoms with Crippen molar-refractivity contribution in [3.63, 3.8) is 0 Å². The molecule has 0 spiro atoms. The highest BCUT2D eigenvalue weighted by atomic mass is 32.1. The summed E-state index contributed by atoms with van der Waals surface area (Å²) < 4.78 is 8.00. The standard InChI is InChI=1S/C7H14N4S/c1-8-3-2-4-9-5-7-6-10-12-11-7/h6,8-9H,2-5H2,1H3. The maximum Gasteiger partial charge on any atom is 0.0880 e. The largest absolute Gasteiger partial charge is 0.320 e. The van der Waals surface area contributed by atoms with Crippen molar-refractivity contribution >= 4 is 11.7 Å². The number of rotatable bonds is 6. The molecule has 0 fully saturated rings. The van der Waals surface area contributed by atoms with Gasteiger partial charge < -0.3 is 10.6 Å². The van der Waals surface area contributed by atoms with Crippen molar-refractivity contribution in [3.05, 3.63) is 11.9 Å². The van der Waals surface area contributed by atoms with Crippen LogP contribution in [0.15, 0.2) is 6.20 Å². The summed E-state index contributed by atoms with van der Waals surface area (Å²) in [7, 11) is 1.96. The Morgan fingerprint density at radius 1 is 1.50 bits per heavy atom. The molecule has 0 aliphatic carbocycles. The van der Waals surface area contributed by atoms with Gasteiger partial charge in [0.05, 0.1) is 23.6 Å². The van der Waals surface area contributed by atoms with Gasteiger partial charge in [-0.15, -0.1) is 0 Å². The Morgan fingerprint density at radius 2 is 2.42 bits per heavy atom. The second kappa shape index (κ2) is 6.05. The molecular formula is C7H14N4S. The van der Waals surface area contributed by atoms with Crippen molar-refractivity contribution in [2.45, 2.75) is 13.0 Å². The highest BCUT2D eigenvalue weighted by molar-refractivity contribution is 6.99. The van der Waals surface area contributed by atoms with Crippen LogP contribution in [-0.4, -0.2) is 28.9 Å². The quantitative estimate of drug-likeness (QED) is 0.625. The van der Waals surface area contributed by atoms with E-state index in [-0.39, 0.29) is 0 Å². The predicted octanol–water partition coefficient (Wildman–Crippen LogP) is 0.237. The first-order valence-electron chi connectivity index (χ1n) is 4.05. The third-order valence-corrected chi connectivity index (χ3v) is 2.01. The number of hydrogen-bond acceptors (Lipinski definition) is 5. The topological polar surface area (TPSA) is 49.8 Å². The highest BCUT2D eigenvalue weighted by Crippen LogP contribution is 1.93. The van der Waals surface area contributed by atoms with Gasteiger partial charge in [0.1, 0.15) is 0 Å². The smallest absolute Gasteiger partial charge is 0.0880 e. The van der Waals surface area contributed by atoms with Gasteiger partial charge in [0, 0.05) is 6.54 Å². The van der Waals surface area contributed by atoms with Gasteiger partial charge >= 0.3 is 0 Å². The molecule has 68 valence electrons. The first kappa shape index (κ1) is 9.57. The Hall–Kier alpha value is -0.520. The molecule has 2 N–H and O–H groups in total. The second-order valence-corrected chi connectivity index (χ2v) is 3.09. The summed E-state index contributed by atoms with van der Waals surface area (Å²) in [6, 6.07) is 0. The SMILES string of the molecule is CNCCCNCc1cnsn1. The minimum atomic E-state index is 0.834. The molecule has 5 heteroatoms. The summed E-state index contributed by atoms with van der Waals surface area (Å²) >= 11 is 1.26. The third-order valence-electron chi connectivity index (χ3n) is 1.49. The molecule has 12 heavy (non-hydrogen) atoms. The molecule has 1 aromatic rings. The van der Waals surface area contributed by atoms with Crippen LogP contribution in [0.5, 0.6) is 0 Å². The van der Waals surface area contributed by atoms with Gasteiger partial charge in [-0.2, -0.15) is 8.75 Å². The van der Waals surface area contributed by atoms with Gasteiger partial charge in [-0.1, -0.05) is 0 Å². The average molecular weight is 186 g/mol. The van der Waals surface area contributed by atoms with E-state index in [1.54, 1.807) is 6.20 Å². The lowest BCUT2D eigenvalue weighted by Gasteiger charge is -2.00. The van der Waals surface area contributed by atoms with E-state index in [0.717, 1.165) is 31.7 Å². The average Bonchev–Trinajstić information content (AvgIpc) is 2.57. The van der Waals surface area contributed by atoms with Gasteiger partial charge in [-0.3, -0.25) is 0 Å².